The predicted molar refractivity (Wildman–Crippen MR) is 57.2 cm³/mol. The number of amidine groups is 1. The highest BCUT2D eigenvalue weighted by Gasteiger charge is 2.26. The van der Waals surface area contributed by atoms with Crippen LogP contribution in [0.5, 0.6) is 0 Å². The third kappa shape index (κ3) is 3.67. The highest BCUT2D eigenvalue weighted by molar-refractivity contribution is 7.90. The molecular formula is C8H17N3O3S. The Kier molecular flexibility index (Phi) is 4.34. The van der Waals surface area contributed by atoms with Crippen molar-refractivity contribution in [2.45, 2.75) is 37.4 Å². The van der Waals surface area contributed by atoms with Crippen molar-refractivity contribution >= 4 is 15.9 Å². The van der Waals surface area contributed by atoms with E-state index >= 15 is 0 Å². The van der Waals surface area contributed by atoms with Gasteiger partial charge in [-0.3, -0.25) is 0 Å². The van der Waals surface area contributed by atoms with Gasteiger partial charge in [0.2, 0.25) is 10.0 Å². The van der Waals surface area contributed by atoms with Gasteiger partial charge in [0.1, 0.15) is 0 Å². The molecule has 0 aliphatic heterocycles. The van der Waals surface area contributed by atoms with Crippen molar-refractivity contribution in [1.82, 2.24) is 4.72 Å². The summed E-state index contributed by atoms with van der Waals surface area (Å²) in [6.07, 6.45) is 4.41. The van der Waals surface area contributed by atoms with Gasteiger partial charge in [0.25, 0.3) is 0 Å². The Morgan fingerprint density at radius 3 is 2.53 bits per heavy atom. The third-order valence-electron chi connectivity index (χ3n) is 2.57. The van der Waals surface area contributed by atoms with Crippen molar-refractivity contribution in [3.8, 4) is 0 Å². The van der Waals surface area contributed by atoms with Gasteiger partial charge in [-0.2, -0.15) is 0 Å². The lowest BCUT2D eigenvalue weighted by Crippen LogP contribution is -2.40. The summed E-state index contributed by atoms with van der Waals surface area (Å²) >= 11 is 0. The van der Waals surface area contributed by atoms with Gasteiger partial charge in [0.15, 0.2) is 5.84 Å². The summed E-state index contributed by atoms with van der Waals surface area (Å²) in [5, 5.41) is 10.7. The SMILES string of the molecule is N/C(CNS(=O)(=O)C1CCCCC1)=N\O. The number of nitrogens with two attached hydrogens (primary N) is 1. The van der Waals surface area contributed by atoms with E-state index in [1.807, 2.05) is 0 Å². The van der Waals surface area contributed by atoms with Crippen molar-refractivity contribution in [2.75, 3.05) is 6.54 Å². The van der Waals surface area contributed by atoms with E-state index in [1.165, 1.54) is 0 Å². The maximum absolute atomic E-state index is 11.7. The van der Waals surface area contributed by atoms with Crippen LogP contribution in [0.3, 0.4) is 0 Å². The fraction of sp³-hybridized carbons (Fsp3) is 0.875. The number of nitrogens with one attached hydrogen (secondary N) is 1. The van der Waals surface area contributed by atoms with Gasteiger partial charge < -0.3 is 10.9 Å². The molecule has 0 radical (unpaired) electrons. The molecule has 0 atom stereocenters. The van der Waals surface area contributed by atoms with Crippen LogP contribution in [0.2, 0.25) is 0 Å². The number of oxime groups is 1. The van der Waals surface area contributed by atoms with Crippen LogP contribution in [-0.4, -0.2) is 31.3 Å². The second-order valence-electron chi connectivity index (χ2n) is 3.72. The van der Waals surface area contributed by atoms with Gasteiger partial charge in [0.05, 0.1) is 11.8 Å². The fourth-order valence-corrected chi connectivity index (χ4v) is 3.24. The maximum Gasteiger partial charge on any atom is 0.214 e. The standard InChI is InChI=1S/C8H17N3O3S/c9-8(11-12)6-10-15(13,14)7-4-2-1-3-5-7/h7,10,12H,1-6H2,(H2,9,11). The number of hydrogen-bond acceptors (Lipinski definition) is 4. The van der Waals surface area contributed by atoms with Gasteiger partial charge in [-0.25, -0.2) is 13.1 Å². The molecule has 0 aromatic heterocycles. The molecule has 88 valence electrons. The minimum Gasteiger partial charge on any atom is -0.409 e. The molecular weight excluding hydrogens is 218 g/mol. The zero-order chi connectivity index (χ0) is 11.3. The zero-order valence-electron chi connectivity index (χ0n) is 8.52. The molecule has 1 aliphatic rings. The summed E-state index contributed by atoms with van der Waals surface area (Å²) in [7, 11) is -3.31. The smallest absolute Gasteiger partial charge is 0.214 e. The van der Waals surface area contributed by atoms with Crippen LogP contribution >= 0.6 is 0 Å². The van der Waals surface area contributed by atoms with E-state index in [-0.39, 0.29) is 17.6 Å². The minimum absolute atomic E-state index is 0.130. The van der Waals surface area contributed by atoms with Crippen LogP contribution in [0, 0.1) is 0 Å². The Hall–Kier alpha value is -0.820. The average Bonchev–Trinajstić information content (AvgIpc) is 2.27. The molecule has 4 N–H and O–H groups in total. The molecule has 0 unspecified atom stereocenters. The Bertz CT molecular complexity index is 320. The number of rotatable bonds is 4. The van der Waals surface area contributed by atoms with Gasteiger partial charge in [-0.1, -0.05) is 24.4 Å². The topological polar surface area (TPSA) is 105 Å². The van der Waals surface area contributed by atoms with E-state index < -0.39 is 10.0 Å². The average molecular weight is 235 g/mol. The number of hydrogen-bond donors (Lipinski definition) is 3. The van der Waals surface area contributed by atoms with Crippen molar-refractivity contribution in [3.05, 3.63) is 0 Å². The molecule has 0 bridgehead atoms. The van der Waals surface area contributed by atoms with Gasteiger partial charge in [0, 0.05) is 0 Å². The molecule has 7 heteroatoms. The van der Waals surface area contributed by atoms with Crippen LogP contribution in [0.4, 0.5) is 0 Å². The predicted octanol–water partition coefficient (Wildman–Crippen LogP) is -0.0151. The molecule has 0 aromatic rings. The van der Waals surface area contributed by atoms with Gasteiger partial charge in [-0.15, -0.1) is 0 Å². The highest BCUT2D eigenvalue weighted by atomic mass is 32.2. The summed E-state index contributed by atoms with van der Waals surface area (Å²) in [6, 6.07) is 0. The first-order valence-electron chi connectivity index (χ1n) is 5.01. The summed E-state index contributed by atoms with van der Waals surface area (Å²) < 4.78 is 25.7. The van der Waals surface area contributed by atoms with Crippen LogP contribution in [0.25, 0.3) is 0 Å². The molecule has 0 spiro atoms. The molecule has 0 saturated heterocycles. The monoisotopic (exact) mass is 235 g/mol. The normalized spacial score (nSPS) is 20.4. The molecule has 0 aromatic carbocycles. The molecule has 1 fully saturated rings. The molecule has 1 rings (SSSR count). The zero-order valence-corrected chi connectivity index (χ0v) is 9.33. The van der Waals surface area contributed by atoms with Crippen molar-refractivity contribution in [1.29, 1.82) is 0 Å². The van der Waals surface area contributed by atoms with Crippen LogP contribution in [0.1, 0.15) is 32.1 Å². The largest absolute Gasteiger partial charge is 0.409 e. The number of sulfonamides is 1. The maximum atomic E-state index is 11.7. The van der Waals surface area contributed by atoms with E-state index in [2.05, 4.69) is 9.88 Å². The third-order valence-corrected chi connectivity index (χ3v) is 4.47. The quantitative estimate of drug-likeness (QED) is 0.276. The molecule has 6 nitrogen and oxygen atoms in total. The lowest BCUT2D eigenvalue weighted by atomic mass is 10.0. The summed E-state index contributed by atoms with van der Waals surface area (Å²) in [6.45, 7) is -0.130. The van der Waals surface area contributed by atoms with E-state index in [1.54, 1.807) is 0 Å². The van der Waals surface area contributed by atoms with Crippen molar-refractivity contribution in [3.63, 3.8) is 0 Å². The summed E-state index contributed by atoms with van der Waals surface area (Å²) in [5.41, 5.74) is 5.18. The second kappa shape index (κ2) is 5.32. The number of nitrogens with zero attached hydrogens (tertiary/aromatic N) is 1. The highest BCUT2D eigenvalue weighted by Crippen LogP contribution is 2.22. The second-order valence-corrected chi connectivity index (χ2v) is 5.76. The summed E-state index contributed by atoms with van der Waals surface area (Å²) in [5.74, 6) is -0.130. The van der Waals surface area contributed by atoms with Crippen LogP contribution in [0.15, 0.2) is 5.16 Å². The molecule has 0 heterocycles. The van der Waals surface area contributed by atoms with E-state index in [0.717, 1.165) is 19.3 Å². The van der Waals surface area contributed by atoms with E-state index in [9.17, 15) is 8.42 Å². The molecule has 1 saturated carbocycles. The summed E-state index contributed by atoms with van der Waals surface area (Å²) in [4.78, 5) is 0. The van der Waals surface area contributed by atoms with Gasteiger partial charge in [-0.05, 0) is 12.8 Å². The first kappa shape index (κ1) is 12.3. The first-order chi connectivity index (χ1) is 7.06. The lowest BCUT2D eigenvalue weighted by Gasteiger charge is -2.21. The fourth-order valence-electron chi connectivity index (χ4n) is 1.70. The molecule has 0 amide bonds. The van der Waals surface area contributed by atoms with Crippen molar-refractivity contribution in [2.24, 2.45) is 10.9 Å². The Morgan fingerprint density at radius 1 is 1.40 bits per heavy atom. The lowest BCUT2D eigenvalue weighted by molar-refractivity contribution is 0.317. The van der Waals surface area contributed by atoms with Crippen LogP contribution < -0.4 is 10.5 Å². The van der Waals surface area contributed by atoms with E-state index in [0.29, 0.717) is 12.8 Å². The molecule has 1 aliphatic carbocycles. The van der Waals surface area contributed by atoms with Crippen molar-refractivity contribution < 1.29 is 13.6 Å². The Balaban J connectivity index is 2.50. The van der Waals surface area contributed by atoms with E-state index in [4.69, 9.17) is 10.9 Å². The first-order valence-corrected chi connectivity index (χ1v) is 6.56. The Morgan fingerprint density at radius 2 is 2.00 bits per heavy atom. The molecule has 15 heavy (non-hydrogen) atoms. The van der Waals surface area contributed by atoms with Crippen LogP contribution in [-0.2, 0) is 10.0 Å². The Labute approximate surface area is 89.6 Å². The van der Waals surface area contributed by atoms with Gasteiger partial charge >= 0.3 is 0 Å². The minimum atomic E-state index is -3.31.